The molecule has 1 N–H and O–H groups in total. The highest BCUT2D eigenvalue weighted by atomic mass is 35.5. The zero-order valence-corrected chi connectivity index (χ0v) is 12.0. The van der Waals surface area contributed by atoms with Crippen LogP contribution in [0.3, 0.4) is 0 Å². The second kappa shape index (κ2) is 5.45. The van der Waals surface area contributed by atoms with Gasteiger partial charge in [-0.15, -0.1) is 0 Å². The number of hydrogen-bond donors (Lipinski definition) is 1. The maximum absolute atomic E-state index is 6.03. The lowest BCUT2D eigenvalue weighted by molar-refractivity contribution is -0.0698. The van der Waals surface area contributed by atoms with Gasteiger partial charge in [0.1, 0.15) is 11.9 Å². The molecular formula is C14H21ClN2O. The van der Waals surface area contributed by atoms with Crippen LogP contribution in [-0.2, 0) is 0 Å². The third-order valence-corrected chi connectivity index (χ3v) is 4.36. The lowest BCUT2D eigenvalue weighted by Crippen LogP contribution is -2.63. The van der Waals surface area contributed by atoms with Crippen molar-refractivity contribution in [3.63, 3.8) is 0 Å². The van der Waals surface area contributed by atoms with Gasteiger partial charge in [0, 0.05) is 30.1 Å². The molecule has 1 fully saturated rings. The van der Waals surface area contributed by atoms with Crippen LogP contribution in [0.5, 0.6) is 5.75 Å². The fourth-order valence-corrected chi connectivity index (χ4v) is 2.82. The van der Waals surface area contributed by atoms with E-state index in [1.165, 1.54) is 0 Å². The van der Waals surface area contributed by atoms with Gasteiger partial charge in [-0.25, -0.2) is 0 Å². The number of hydrogen-bond acceptors (Lipinski definition) is 3. The summed E-state index contributed by atoms with van der Waals surface area (Å²) < 4.78 is 6.03. The number of nitrogens with one attached hydrogen (secondary N) is 1. The lowest BCUT2D eigenvalue weighted by Gasteiger charge is -2.53. The van der Waals surface area contributed by atoms with Crippen molar-refractivity contribution in [2.24, 2.45) is 5.41 Å². The van der Waals surface area contributed by atoms with E-state index in [0.717, 1.165) is 25.1 Å². The van der Waals surface area contributed by atoms with E-state index >= 15 is 0 Å². The average Bonchev–Trinajstić information content (AvgIpc) is 2.36. The summed E-state index contributed by atoms with van der Waals surface area (Å²) in [4.78, 5) is 4.05. The van der Waals surface area contributed by atoms with Crippen molar-refractivity contribution >= 4 is 11.6 Å². The predicted octanol–water partition coefficient (Wildman–Crippen LogP) is 3.28. The minimum Gasteiger partial charge on any atom is -0.488 e. The van der Waals surface area contributed by atoms with E-state index in [1.807, 2.05) is 6.07 Å². The van der Waals surface area contributed by atoms with Crippen LogP contribution in [0.25, 0.3) is 0 Å². The Morgan fingerprint density at radius 2 is 2.28 bits per heavy atom. The molecular weight excluding hydrogens is 248 g/mol. The molecule has 100 valence electrons. The molecule has 1 aromatic rings. The summed E-state index contributed by atoms with van der Waals surface area (Å²) in [5.74, 6) is 0.766. The van der Waals surface area contributed by atoms with Crippen molar-refractivity contribution in [1.82, 2.24) is 10.3 Å². The highest BCUT2D eigenvalue weighted by Gasteiger charge is 2.51. The van der Waals surface area contributed by atoms with Gasteiger partial charge in [0.05, 0.1) is 11.2 Å². The van der Waals surface area contributed by atoms with Crippen LogP contribution in [0.1, 0.15) is 33.6 Å². The summed E-state index contributed by atoms with van der Waals surface area (Å²) in [6.45, 7) is 7.65. The SMILES string of the molecule is CCNC1CC(Oc2cncc(Cl)c2)C1(C)CC. The summed E-state index contributed by atoms with van der Waals surface area (Å²) in [6.07, 6.45) is 5.73. The lowest BCUT2D eigenvalue weighted by atomic mass is 9.61. The third-order valence-electron chi connectivity index (χ3n) is 4.15. The molecule has 3 nitrogen and oxygen atoms in total. The zero-order chi connectivity index (χ0) is 13.2. The first kappa shape index (κ1) is 13.6. The molecule has 0 radical (unpaired) electrons. The standard InChI is InChI=1S/C14H21ClN2O/c1-4-14(3)12(17-5-2)7-13(14)18-11-6-10(15)8-16-9-11/h6,8-9,12-13,17H,4-5,7H2,1-3H3. The second-order valence-corrected chi connectivity index (χ2v) is 5.59. The van der Waals surface area contributed by atoms with Crippen molar-refractivity contribution in [3.05, 3.63) is 23.5 Å². The van der Waals surface area contributed by atoms with E-state index in [-0.39, 0.29) is 11.5 Å². The molecule has 0 spiro atoms. The Bertz CT molecular complexity index is 413. The van der Waals surface area contributed by atoms with Gasteiger partial charge in [0.15, 0.2) is 0 Å². The van der Waals surface area contributed by atoms with Crippen LogP contribution in [0, 0.1) is 5.41 Å². The van der Waals surface area contributed by atoms with Crippen molar-refractivity contribution in [1.29, 1.82) is 0 Å². The molecule has 2 rings (SSSR count). The molecule has 0 aliphatic heterocycles. The van der Waals surface area contributed by atoms with E-state index in [4.69, 9.17) is 16.3 Å². The summed E-state index contributed by atoms with van der Waals surface area (Å²) in [6, 6.07) is 2.37. The molecule has 0 saturated heterocycles. The minimum atomic E-state index is 0.193. The second-order valence-electron chi connectivity index (χ2n) is 5.15. The van der Waals surface area contributed by atoms with Crippen LogP contribution in [0.4, 0.5) is 0 Å². The van der Waals surface area contributed by atoms with Crippen LogP contribution in [-0.4, -0.2) is 23.7 Å². The first-order valence-electron chi connectivity index (χ1n) is 6.60. The number of halogens is 1. The molecule has 18 heavy (non-hydrogen) atoms. The Hall–Kier alpha value is -0.800. The topological polar surface area (TPSA) is 34.1 Å². The highest BCUT2D eigenvalue weighted by molar-refractivity contribution is 6.30. The summed E-state index contributed by atoms with van der Waals surface area (Å²) in [7, 11) is 0. The van der Waals surface area contributed by atoms with Gasteiger partial charge in [-0.2, -0.15) is 0 Å². The van der Waals surface area contributed by atoms with Crippen LogP contribution in [0.2, 0.25) is 5.02 Å². The predicted molar refractivity (Wildman–Crippen MR) is 74.1 cm³/mol. The fraction of sp³-hybridized carbons (Fsp3) is 0.643. The van der Waals surface area contributed by atoms with Gasteiger partial charge < -0.3 is 10.1 Å². The van der Waals surface area contributed by atoms with Gasteiger partial charge in [0.2, 0.25) is 0 Å². The zero-order valence-electron chi connectivity index (χ0n) is 11.2. The van der Waals surface area contributed by atoms with Gasteiger partial charge in [-0.05, 0) is 13.0 Å². The summed E-state index contributed by atoms with van der Waals surface area (Å²) in [5.41, 5.74) is 0.193. The molecule has 1 saturated carbocycles. The Morgan fingerprint density at radius 3 is 2.89 bits per heavy atom. The molecule has 1 heterocycles. The quantitative estimate of drug-likeness (QED) is 0.890. The minimum absolute atomic E-state index is 0.193. The molecule has 0 amide bonds. The van der Waals surface area contributed by atoms with Crippen molar-refractivity contribution in [3.8, 4) is 5.75 Å². The number of rotatable bonds is 5. The fourth-order valence-electron chi connectivity index (χ4n) is 2.66. The maximum atomic E-state index is 6.03. The molecule has 0 bridgehead atoms. The van der Waals surface area contributed by atoms with Gasteiger partial charge in [-0.1, -0.05) is 32.4 Å². The third kappa shape index (κ3) is 2.47. The van der Waals surface area contributed by atoms with E-state index in [0.29, 0.717) is 11.1 Å². The number of ether oxygens (including phenoxy) is 1. The van der Waals surface area contributed by atoms with Crippen LogP contribution in [0.15, 0.2) is 18.5 Å². The number of aromatic nitrogens is 1. The van der Waals surface area contributed by atoms with E-state index in [2.05, 4.69) is 31.1 Å². The molecule has 1 aromatic heterocycles. The Balaban J connectivity index is 2.03. The maximum Gasteiger partial charge on any atom is 0.139 e. The van der Waals surface area contributed by atoms with Gasteiger partial charge in [-0.3, -0.25) is 4.98 Å². The first-order chi connectivity index (χ1) is 8.60. The number of nitrogens with zero attached hydrogens (tertiary/aromatic N) is 1. The normalized spacial score (nSPS) is 30.9. The van der Waals surface area contributed by atoms with E-state index in [1.54, 1.807) is 12.4 Å². The van der Waals surface area contributed by atoms with Gasteiger partial charge >= 0.3 is 0 Å². The highest BCUT2D eigenvalue weighted by Crippen LogP contribution is 2.46. The molecule has 1 aliphatic carbocycles. The van der Waals surface area contributed by atoms with Crippen molar-refractivity contribution < 1.29 is 4.74 Å². The monoisotopic (exact) mass is 268 g/mol. The van der Waals surface area contributed by atoms with Crippen LogP contribution >= 0.6 is 11.6 Å². The molecule has 4 heteroatoms. The van der Waals surface area contributed by atoms with Crippen molar-refractivity contribution in [2.45, 2.75) is 45.8 Å². The molecule has 3 unspecified atom stereocenters. The number of pyridine rings is 1. The summed E-state index contributed by atoms with van der Waals surface area (Å²) >= 11 is 5.92. The van der Waals surface area contributed by atoms with Gasteiger partial charge in [0.25, 0.3) is 0 Å². The first-order valence-corrected chi connectivity index (χ1v) is 6.98. The average molecular weight is 269 g/mol. The largest absolute Gasteiger partial charge is 0.488 e. The Labute approximate surface area is 114 Å². The van der Waals surface area contributed by atoms with E-state index in [9.17, 15) is 0 Å². The molecule has 3 atom stereocenters. The van der Waals surface area contributed by atoms with Crippen LogP contribution < -0.4 is 10.1 Å². The van der Waals surface area contributed by atoms with E-state index < -0.39 is 0 Å². The smallest absolute Gasteiger partial charge is 0.139 e. The van der Waals surface area contributed by atoms with Crippen molar-refractivity contribution in [2.75, 3.05) is 6.54 Å². The molecule has 0 aromatic carbocycles. The summed E-state index contributed by atoms with van der Waals surface area (Å²) in [5, 5.41) is 4.15. The molecule has 1 aliphatic rings. The Kier molecular flexibility index (Phi) is 4.13. The Morgan fingerprint density at radius 1 is 1.50 bits per heavy atom.